The van der Waals surface area contributed by atoms with Crippen molar-refractivity contribution in [1.29, 1.82) is 0 Å². The number of ether oxygens (including phenoxy) is 1. The zero-order chi connectivity index (χ0) is 20.5. The van der Waals surface area contributed by atoms with Crippen LogP contribution in [0.15, 0.2) is 36.4 Å². The number of carbonyl (C=O) groups excluding carboxylic acids is 2. The van der Waals surface area contributed by atoms with Crippen molar-refractivity contribution in [2.24, 2.45) is 0 Å². The van der Waals surface area contributed by atoms with E-state index in [0.717, 1.165) is 24.2 Å². The van der Waals surface area contributed by atoms with E-state index in [1.807, 2.05) is 19.1 Å². The van der Waals surface area contributed by atoms with Gasteiger partial charge in [0.25, 0.3) is 5.91 Å². The summed E-state index contributed by atoms with van der Waals surface area (Å²) in [6, 6.07) is 10.3. The molecule has 0 bridgehead atoms. The van der Waals surface area contributed by atoms with Crippen LogP contribution in [0.2, 0.25) is 0 Å². The van der Waals surface area contributed by atoms with Crippen LogP contribution in [0.3, 0.4) is 0 Å². The number of nitrogens with zero attached hydrogens (tertiary/aromatic N) is 1. The lowest BCUT2D eigenvalue weighted by Crippen LogP contribution is -2.24. The highest BCUT2D eigenvalue weighted by Gasteiger charge is 2.24. The first-order chi connectivity index (χ1) is 14.0. The highest BCUT2D eigenvalue weighted by molar-refractivity contribution is 7.21. The predicted octanol–water partition coefficient (Wildman–Crippen LogP) is 4.87. The van der Waals surface area contributed by atoms with Crippen molar-refractivity contribution in [3.8, 4) is 0 Å². The number of hydrogen-bond donors (Lipinski definition) is 1. The van der Waals surface area contributed by atoms with Crippen LogP contribution in [0.1, 0.15) is 33.6 Å². The number of benzene rings is 2. The van der Waals surface area contributed by atoms with Gasteiger partial charge < -0.3 is 15.0 Å². The van der Waals surface area contributed by atoms with Crippen molar-refractivity contribution in [3.05, 3.63) is 58.2 Å². The van der Waals surface area contributed by atoms with Gasteiger partial charge in [-0.25, -0.2) is 4.39 Å². The molecule has 3 aromatic rings. The second-order valence-corrected chi connectivity index (χ2v) is 8.11. The lowest BCUT2D eigenvalue weighted by Gasteiger charge is -2.19. The van der Waals surface area contributed by atoms with Gasteiger partial charge in [0, 0.05) is 47.1 Å². The molecular weight excluding hydrogens is 391 g/mol. The smallest absolute Gasteiger partial charge is 0.266 e. The fourth-order valence-electron chi connectivity index (χ4n) is 3.76. The standard InChI is InChI=1S/C22H21FN2O3S/c1-13-11-14(8-9-17(13)25-10-4-7-19(25)26)24-22(27)21-15(12-28-2)20-16(23)5-3-6-18(20)29-21/h3,5-6,8-9,11H,4,7,10,12H2,1-2H3,(H,24,27). The third-order valence-electron chi connectivity index (χ3n) is 5.08. The minimum absolute atomic E-state index is 0.126. The van der Waals surface area contributed by atoms with E-state index in [1.54, 1.807) is 23.1 Å². The van der Waals surface area contributed by atoms with Gasteiger partial charge in [0.15, 0.2) is 0 Å². The number of rotatable bonds is 5. The SMILES string of the molecule is COCc1c(C(=O)Nc2ccc(N3CCCC3=O)c(C)c2)sc2cccc(F)c12. The zero-order valence-electron chi connectivity index (χ0n) is 16.3. The molecule has 4 rings (SSSR count). The number of amides is 2. The molecule has 0 saturated carbocycles. The third-order valence-corrected chi connectivity index (χ3v) is 6.27. The van der Waals surface area contributed by atoms with Crippen molar-refractivity contribution >= 4 is 44.6 Å². The number of nitrogens with one attached hydrogen (secondary N) is 1. The first-order valence-corrected chi connectivity index (χ1v) is 10.2. The molecule has 1 fully saturated rings. The lowest BCUT2D eigenvalue weighted by atomic mass is 10.1. The van der Waals surface area contributed by atoms with Crippen LogP contribution in [0.4, 0.5) is 15.8 Å². The number of methoxy groups -OCH3 is 1. The number of fused-ring (bicyclic) bond motifs is 1. The largest absolute Gasteiger partial charge is 0.380 e. The Labute approximate surface area is 172 Å². The topological polar surface area (TPSA) is 58.6 Å². The van der Waals surface area contributed by atoms with Crippen molar-refractivity contribution in [2.75, 3.05) is 23.9 Å². The molecule has 0 aliphatic carbocycles. The Morgan fingerprint density at radius 3 is 2.83 bits per heavy atom. The molecule has 1 aliphatic rings. The summed E-state index contributed by atoms with van der Waals surface area (Å²) in [5.41, 5.74) is 2.97. The molecule has 2 heterocycles. The summed E-state index contributed by atoms with van der Waals surface area (Å²) in [5, 5.41) is 3.33. The molecule has 1 aromatic heterocycles. The van der Waals surface area contributed by atoms with Crippen molar-refractivity contribution in [3.63, 3.8) is 0 Å². The first kappa shape index (κ1) is 19.5. The summed E-state index contributed by atoms with van der Waals surface area (Å²) in [4.78, 5) is 27.2. The minimum Gasteiger partial charge on any atom is -0.380 e. The molecule has 150 valence electrons. The maximum Gasteiger partial charge on any atom is 0.266 e. The quantitative estimate of drug-likeness (QED) is 0.650. The number of aryl methyl sites for hydroxylation is 1. The van der Waals surface area contributed by atoms with Crippen LogP contribution in [0.25, 0.3) is 10.1 Å². The van der Waals surface area contributed by atoms with E-state index in [2.05, 4.69) is 5.32 Å². The van der Waals surface area contributed by atoms with Gasteiger partial charge in [-0.2, -0.15) is 0 Å². The maximum absolute atomic E-state index is 14.3. The molecule has 2 aromatic carbocycles. The Hall–Kier alpha value is -2.77. The fourth-order valence-corrected chi connectivity index (χ4v) is 4.88. The Bertz CT molecular complexity index is 1110. The van der Waals surface area contributed by atoms with E-state index in [4.69, 9.17) is 4.74 Å². The van der Waals surface area contributed by atoms with Crippen LogP contribution < -0.4 is 10.2 Å². The zero-order valence-corrected chi connectivity index (χ0v) is 17.1. The second-order valence-electron chi connectivity index (χ2n) is 7.06. The van der Waals surface area contributed by atoms with Gasteiger partial charge >= 0.3 is 0 Å². The minimum atomic E-state index is -0.361. The van der Waals surface area contributed by atoms with E-state index < -0.39 is 0 Å². The molecule has 1 N–H and O–H groups in total. The van der Waals surface area contributed by atoms with E-state index in [0.29, 0.717) is 32.6 Å². The molecule has 0 spiro atoms. The highest BCUT2D eigenvalue weighted by atomic mass is 32.1. The van der Waals surface area contributed by atoms with Gasteiger partial charge in [0.2, 0.25) is 5.91 Å². The monoisotopic (exact) mass is 412 g/mol. The van der Waals surface area contributed by atoms with Gasteiger partial charge in [-0.1, -0.05) is 6.07 Å². The molecule has 0 radical (unpaired) electrons. The van der Waals surface area contributed by atoms with Crippen LogP contribution in [-0.4, -0.2) is 25.5 Å². The van der Waals surface area contributed by atoms with E-state index >= 15 is 0 Å². The summed E-state index contributed by atoms with van der Waals surface area (Å²) >= 11 is 1.25. The fraction of sp³-hybridized carbons (Fsp3) is 0.273. The Kier molecular flexibility index (Phi) is 5.34. The first-order valence-electron chi connectivity index (χ1n) is 9.41. The molecule has 7 heteroatoms. The average Bonchev–Trinajstić information content (AvgIpc) is 3.27. The molecule has 1 aliphatic heterocycles. The molecular formula is C22H21FN2O3S. The Balaban J connectivity index is 1.63. The van der Waals surface area contributed by atoms with Gasteiger partial charge in [-0.15, -0.1) is 11.3 Å². The molecule has 0 unspecified atom stereocenters. The van der Waals surface area contributed by atoms with Crippen LogP contribution >= 0.6 is 11.3 Å². The summed E-state index contributed by atoms with van der Waals surface area (Å²) in [6.45, 7) is 2.79. The van der Waals surface area contributed by atoms with E-state index in [-0.39, 0.29) is 24.2 Å². The number of thiophene rings is 1. The lowest BCUT2D eigenvalue weighted by molar-refractivity contribution is -0.117. The number of hydrogen-bond acceptors (Lipinski definition) is 4. The van der Waals surface area contributed by atoms with Crippen molar-refractivity contribution < 1.29 is 18.7 Å². The van der Waals surface area contributed by atoms with Crippen LogP contribution in [0.5, 0.6) is 0 Å². The summed E-state index contributed by atoms with van der Waals surface area (Å²) in [5.74, 6) is -0.538. The van der Waals surface area contributed by atoms with Gasteiger partial charge in [0.1, 0.15) is 5.82 Å². The molecule has 29 heavy (non-hydrogen) atoms. The Morgan fingerprint density at radius 1 is 1.31 bits per heavy atom. The predicted molar refractivity (Wildman–Crippen MR) is 113 cm³/mol. The van der Waals surface area contributed by atoms with Crippen LogP contribution in [-0.2, 0) is 16.1 Å². The average molecular weight is 412 g/mol. The third kappa shape index (κ3) is 3.63. The number of halogens is 1. The summed E-state index contributed by atoms with van der Waals surface area (Å²) in [7, 11) is 1.52. The molecule has 1 saturated heterocycles. The maximum atomic E-state index is 14.3. The van der Waals surface area contributed by atoms with E-state index in [9.17, 15) is 14.0 Å². The molecule has 5 nitrogen and oxygen atoms in total. The number of anilines is 2. The summed E-state index contributed by atoms with van der Waals surface area (Å²) < 4.78 is 20.3. The van der Waals surface area contributed by atoms with Crippen molar-refractivity contribution in [2.45, 2.75) is 26.4 Å². The van der Waals surface area contributed by atoms with Gasteiger partial charge in [-0.05, 0) is 49.2 Å². The normalized spacial score (nSPS) is 14.0. The Morgan fingerprint density at radius 2 is 2.14 bits per heavy atom. The number of carbonyl (C=O) groups is 2. The highest BCUT2D eigenvalue weighted by Crippen LogP contribution is 2.34. The molecule has 2 amide bonds. The molecule has 0 atom stereocenters. The van der Waals surface area contributed by atoms with E-state index in [1.165, 1.54) is 24.5 Å². The second kappa shape index (κ2) is 7.93. The van der Waals surface area contributed by atoms with Crippen LogP contribution in [0, 0.1) is 12.7 Å². The summed E-state index contributed by atoms with van der Waals surface area (Å²) in [6.07, 6.45) is 1.43. The van der Waals surface area contributed by atoms with Gasteiger partial charge in [-0.3, -0.25) is 9.59 Å². The van der Waals surface area contributed by atoms with Crippen molar-refractivity contribution in [1.82, 2.24) is 0 Å². The van der Waals surface area contributed by atoms with Gasteiger partial charge in [0.05, 0.1) is 11.5 Å².